The molecule has 0 fully saturated rings. The number of esters is 1. The van der Waals surface area contributed by atoms with Crippen LogP contribution in [0.2, 0.25) is 0 Å². The number of ether oxygens (including phenoxy) is 1. The minimum Gasteiger partial charge on any atom is -0.458 e. The zero-order chi connectivity index (χ0) is 8.53. The van der Waals surface area contributed by atoms with Crippen LogP contribution in [0.25, 0.3) is 0 Å². The molecule has 0 rings (SSSR count). The highest BCUT2D eigenvalue weighted by Crippen LogP contribution is 1.85. The van der Waals surface area contributed by atoms with Crippen LogP contribution in [0.1, 0.15) is 13.3 Å². The first-order valence-corrected chi connectivity index (χ1v) is 3.26. The highest BCUT2D eigenvalue weighted by molar-refractivity contribution is 5.72. The van der Waals surface area contributed by atoms with Crippen molar-refractivity contribution in [2.24, 2.45) is 0 Å². The van der Waals surface area contributed by atoms with Crippen molar-refractivity contribution in [3.05, 3.63) is 17.9 Å². The molecule has 3 nitrogen and oxygen atoms in total. The van der Waals surface area contributed by atoms with E-state index in [1.165, 1.54) is 0 Å². The first-order chi connectivity index (χ1) is 5.31. The molecule has 0 aromatic heterocycles. The summed E-state index contributed by atoms with van der Waals surface area (Å²) in [5.74, 6) is -0.411. The van der Waals surface area contributed by atoms with E-state index < -0.39 is 5.97 Å². The largest absolute Gasteiger partial charge is 0.458 e. The molecule has 0 aromatic rings. The van der Waals surface area contributed by atoms with Crippen LogP contribution in [0, 0.1) is 0 Å². The van der Waals surface area contributed by atoms with Crippen LogP contribution in [0.4, 0.5) is 0 Å². The number of aldehydes is 1. The Morgan fingerprint density at radius 2 is 2.36 bits per heavy atom. The average Bonchev–Trinajstić information content (AvgIpc) is 2.01. The second-order valence-corrected chi connectivity index (χ2v) is 1.71. The van der Waals surface area contributed by atoms with E-state index in [2.05, 4.69) is 10.5 Å². The maximum atomic E-state index is 10.6. The first-order valence-electron chi connectivity index (χ1n) is 3.26. The van der Waals surface area contributed by atoms with Gasteiger partial charge in [0.05, 0.1) is 6.42 Å². The second kappa shape index (κ2) is 6.78. The lowest BCUT2D eigenvalue weighted by Crippen LogP contribution is -2.04. The van der Waals surface area contributed by atoms with E-state index in [-0.39, 0.29) is 13.0 Å². The summed E-state index contributed by atoms with van der Waals surface area (Å²) in [6, 6.07) is 0. The van der Waals surface area contributed by atoms with Crippen LogP contribution in [-0.4, -0.2) is 18.9 Å². The molecule has 0 atom stereocenters. The summed E-state index contributed by atoms with van der Waals surface area (Å²) in [4.78, 5) is 20.3. The predicted molar refractivity (Wildman–Crippen MR) is 40.0 cm³/mol. The lowest BCUT2D eigenvalue weighted by molar-refractivity contribution is -0.144. The van der Waals surface area contributed by atoms with Crippen LogP contribution in [-0.2, 0) is 14.3 Å². The van der Waals surface area contributed by atoms with Crippen LogP contribution in [0.3, 0.4) is 0 Å². The molecule has 0 unspecified atom stereocenters. The van der Waals surface area contributed by atoms with Crippen molar-refractivity contribution >= 4 is 12.3 Å². The molecule has 0 aromatic carbocycles. The van der Waals surface area contributed by atoms with Gasteiger partial charge in [-0.1, -0.05) is 0 Å². The minimum absolute atomic E-state index is 0.164. The molecule has 0 aliphatic heterocycles. The van der Waals surface area contributed by atoms with Crippen LogP contribution in [0.5, 0.6) is 0 Å². The van der Waals surface area contributed by atoms with Gasteiger partial charge < -0.3 is 4.74 Å². The summed E-state index contributed by atoms with van der Waals surface area (Å²) >= 11 is 0. The van der Waals surface area contributed by atoms with Gasteiger partial charge in [0.1, 0.15) is 6.61 Å². The molecule has 0 amide bonds. The number of carbonyl (C=O) groups excluding carboxylic acids is 2. The Morgan fingerprint density at radius 1 is 1.64 bits per heavy atom. The maximum Gasteiger partial charge on any atom is 0.310 e. The minimum atomic E-state index is -0.411. The smallest absolute Gasteiger partial charge is 0.310 e. The van der Waals surface area contributed by atoms with E-state index in [1.807, 2.05) is 0 Å². The number of rotatable bonds is 4. The Morgan fingerprint density at radius 3 is 2.91 bits per heavy atom. The lowest BCUT2D eigenvalue weighted by atomic mass is 10.4. The molecule has 11 heavy (non-hydrogen) atoms. The normalized spacial score (nSPS) is 7.73. The van der Waals surface area contributed by atoms with E-state index in [0.717, 1.165) is 0 Å². The lowest BCUT2D eigenvalue weighted by Gasteiger charge is -1.94. The Hall–Kier alpha value is -1.34. The number of hydrogen-bond donors (Lipinski definition) is 0. The Bertz CT molecular complexity index is 188. The van der Waals surface area contributed by atoms with E-state index in [4.69, 9.17) is 0 Å². The highest BCUT2D eigenvalue weighted by atomic mass is 16.5. The average molecular weight is 154 g/mol. The molecule has 60 valence electrons. The first kappa shape index (κ1) is 9.66. The van der Waals surface area contributed by atoms with E-state index in [1.54, 1.807) is 19.1 Å². The van der Waals surface area contributed by atoms with E-state index in [0.29, 0.717) is 6.29 Å². The van der Waals surface area contributed by atoms with Gasteiger partial charge in [0.25, 0.3) is 0 Å². The third-order valence-electron chi connectivity index (χ3n) is 0.866. The zero-order valence-corrected chi connectivity index (χ0v) is 6.37. The van der Waals surface area contributed by atoms with Crippen LogP contribution in [0.15, 0.2) is 17.9 Å². The molecule has 0 heterocycles. The molecule has 0 N–H and O–H groups in total. The Labute approximate surface area is 65.4 Å². The van der Waals surface area contributed by atoms with Gasteiger partial charge in [-0.05, 0) is 19.1 Å². The van der Waals surface area contributed by atoms with Gasteiger partial charge in [-0.3, -0.25) is 9.59 Å². The third kappa shape index (κ3) is 6.55. The summed E-state index contributed by atoms with van der Waals surface area (Å²) in [6.45, 7) is 1.63. The summed E-state index contributed by atoms with van der Waals surface area (Å²) < 4.78 is 4.45. The highest BCUT2D eigenvalue weighted by Gasteiger charge is 1.96. The summed E-state index contributed by atoms with van der Waals surface area (Å²) in [5.41, 5.74) is 2.72. The number of hydrogen-bond acceptors (Lipinski definition) is 3. The molecule has 0 bridgehead atoms. The molecular weight excluding hydrogens is 144 g/mol. The summed E-state index contributed by atoms with van der Waals surface area (Å²) in [7, 11) is 0. The summed E-state index contributed by atoms with van der Waals surface area (Å²) in [6.07, 6.45) is 3.94. The van der Waals surface area contributed by atoms with Crippen LogP contribution >= 0.6 is 0 Å². The van der Waals surface area contributed by atoms with Crippen molar-refractivity contribution in [3.63, 3.8) is 0 Å². The fourth-order valence-electron chi connectivity index (χ4n) is 0.446. The molecule has 0 saturated heterocycles. The topological polar surface area (TPSA) is 43.4 Å². The maximum absolute atomic E-state index is 10.6. The molecule has 0 spiro atoms. The van der Waals surface area contributed by atoms with Gasteiger partial charge in [0.2, 0.25) is 0 Å². The van der Waals surface area contributed by atoms with Crippen molar-refractivity contribution in [1.29, 1.82) is 0 Å². The van der Waals surface area contributed by atoms with Crippen molar-refractivity contribution in [2.45, 2.75) is 13.3 Å². The number of carbonyl (C=O) groups is 2. The Kier molecular flexibility index (Phi) is 5.95. The second-order valence-electron chi connectivity index (χ2n) is 1.71. The predicted octanol–water partition coefficient (Wildman–Crippen LogP) is 0.850. The summed E-state index contributed by atoms with van der Waals surface area (Å²) in [5, 5.41) is 0. The molecule has 0 aliphatic carbocycles. The molecule has 3 heteroatoms. The molecule has 0 aliphatic rings. The van der Waals surface area contributed by atoms with Gasteiger partial charge in [0, 0.05) is 0 Å². The molecule has 0 saturated carbocycles. The fraction of sp³-hybridized carbons (Fsp3) is 0.375. The SMILES string of the molecule is CC=C=CCC(=O)OCC=O. The van der Waals surface area contributed by atoms with Gasteiger partial charge in [-0.15, -0.1) is 5.73 Å². The Balaban J connectivity index is 3.52. The van der Waals surface area contributed by atoms with E-state index >= 15 is 0 Å². The third-order valence-corrected chi connectivity index (χ3v) is 0.866. The van der Waals surface area contributed by atoms with Crippen molar-refractivity contribution in [1.82, 2.24) is 0 Å². The fourth-order valence-corrected chi connectivity index (χ4v) is 0.446. The van der Waals surface area contributed by atoms with E-state index in [9.17, 15) is 9.59 Å². The van der Waals surface area contributed by atoms with Crippen LogP contribution < -0.4 is 0 Å². The van der Waals surface area contributed by atoms with Gasteiger partial charge in [-0.2, -0.15) is 0 Å². The molecule has 0 radical (unpaired) electrons. The van der Waals surface area contributed by atoms with Crippen molar-refractivity contribution in [2.75, 3.05) is 6.61 Å². The standard InChI is InChI=1S/C8H10O3/c1-2-3-4-5-8(10)11-7-6-9/h2,4,6H,5,7H2,1H3. The monoisotopic (exact) mass is 154 g/mol. The van der Waals surface area contributed by atoms with Crippen molar-refractivity contribution in [3.8, 4) is 0 Å². The van der Waals surface area contributed by atoms with Crippen molar-refractivity contribution < 1.29 is 14.3 Å². The molecular formula is C8H10O3. The van der Waals surface area contributed by atoms with Gasteiger partial charge in [-0.25, -0.2) is 0 Å². The van der Waals surface area contributed by atoms with Gasteiger partial charge >= 0.3 is 5.97 Å². The zero-order valence-electron chi connectivity index (χ0n) is 6.37. The van der Waals surface area contributed by atoms with Gasteiger partial charge in [0.15, 0.2) is 6.29 Å². The quantitative estimate of drug-likeness (QED) is 0.342.